The number of nitrogens with two attached hydrogens (primary N) is 1. The molecule has 2 aliphatic rings. The third-order valence-electron chi connectivity index (χ3n) is 3.66. The van der Waals surface area contributed by atoms with Crippen molar-refractivity contribution >= 4 is 5.96 Å². The fourth-order valence-corrected chi connectivity index (χ4v) is 2.55. The van der Waals surface area contributed by atoms with Crippen molar-refractivity contribution in [1.29, 1.82) is 0 Å². The van der Waals surface area contributed by atoms with Crippen molar-refractivity contribution in [1.82, 2.24) is 10.7 Å². The summed E-state index contributed by atoms with van der Waals surface area (Å²) in [7, 11) is 0. The summed E-state index contributed by atoms with van der Waals surface area (Å²) >= 11 is 0. The van der Waals surface area contributed by atoms with Crippen LogP contribution in [0.3, 0.4) is 0 Å². The molecule has 0 aromatic heterocycles. The Morgan fingerprint density at radius 1 is 1.35 bits per heavy atom. The number of rotatable bonds is 2. The second-order valence-electron chi connectivity index (χ2n) is 5.40. The minimum absolute atomic E-state index is 0.0279. The Labute approximate surface area is 103 Å². The van der Waals surface area contributed by atoms with Crippen molar-refractivity contribution in [2.45, 2.75) is 57.0 Å². The van der Waals surface area contributed by atoms with Crippen molar-refractivity contribution in [3.63, 3.8) is 0 Å². The molecule has 1 saturated carbocycles. The molecule has 1 aliphatic carbocycles. The number of hydrazine groups is 1. The van der Waals surface area contributed by atoms with Crippen LogP contribution in [0, 0.1) is 0 Å². The molecule has 0 amide bonds. The average Bonchev–Trinajstić information content (AvgIpc) is 2.76. The van der Waals surface area contributed by atoms with E-state index in [0.717, 1.165) is 19.6 Å². The first-order valence-corrected chi connectivity index (χ1v) is 6.62. The first kappa shape index (κ1) is 12.6. The van der Waals surface area contributed by atoms with Crippen LogP contribution in [-0.4, -0.2) is 30.8 Å². The van der Waals surface area contributed by atoms with Crippen molar-refractivity contribution in [2.75, 3.05) is 13.2 Å². The summed E-state index contributed by atoms with van der Waals surface area (Å²) in [6.45, 7) is 3.68. The zero-order valence-corrected chi connectivity index (χ0v) is 10.7. The van der Waals surface area contributed by atoms with Gasteiger partial charge in [-0.25, -0.2) is 10.8 Å². The van der Waals surface area contributed by atoms with E-state index in [9.17, 15) is 0 Å². The number of ether oxygens (including phenoxy) is 1. The van der Waals surface area contributed by atoms with Crippen molar-refractivity contribution < 1.29 is 4.74 Å². The van der Waals surface area contributed by atoms with Gasteiger partial charge >= 0.3 is 0 Å². The molecule has 0 spiro atoms. The van der Waals surface area contributed by atoms with E-state index in [1.807, 2.05) is 0 Å². The monoisotopic (exact) mass is 240 g/mol. The molecule has 1 heterocycles. The van der Waals surface area contributed by atoms with Crippen LogP contribution in [0.15, 0.2) is 4.99 Å². The summed E-state index contributed by atoms with van der Waals surface area (Å²) in [4.78, 5) is 4.68. The highest BCUT2D eigenvalue weighted by Gasteiger charge is 2.30. The molecular formula is C12H24N4O. The van der Waals surface area contributed by atoms with Crippen LogP contribution in [0.5, 0.6) is 0 Å². The van der Waals surface area contributed by atoms with Crippen LogP contribution < -0.4 is 16.6 Å². The number of aliphatic imine (C=N–C) groups is 1. The number of hydrogen-bond acceptors (Lipinski definition) is 3. The molecule has 0 bridgehead atoms. The number of hydrogen-bond donors (Lipinski definition) is 3. The molecule has 0 aromatic carbocycles. The lowest BCUT2D eigenvalue weighted by molar-refractivity contribution is 0.177. The first-order chi connectivity index (χ1) is 8.22. The summed E-state index contributed by atoms with van der Waals surface area (Å²) in [6, 6.07) is 0.424. The Balaban J connectivity index is 1.92. The van der Waals surface area contributed by atoms with Gasteiger partial charge in [0.25, 0.3) is 0 Å². The van der Waals surface area contributed by atoms with Crippen molar-refractivity contribution in [3.05, 3.63) is 0 Å². The molecule has 5 nitrogen and oxygen atoms in total. The highest BCUT2D eigenvalue weighted by Crippen LogP contribution is 2.21. The molecular weight excluding hydrogens is 216 g/mol. The molecule has 0 aromatic rings. The van der Waals surface area contributed by atoms with E-state index in [0.29, 0.717) is 12.0 Å². The molecule has 17 heavy (non-hydrogen) atoms. The maximum atomic E-state index is 5.54. The SMILES string of the molecule is CC1(NC(=NC2CCCCC2)NN)CCOC1. The second-order valence-corrected chi connectivity index (χ2v) is 5.40. The van der Waals surface area contributed by atoms with Crippen LogP contribution in [0.4, 0.5) is 0 Å². The average molecular weight is 240 g/mol. The Morgan fingerprint density at radius 2 is 2.12 bits per heavy atom. The van der Waals surface area contributed by atoms with Crippen LogP contribution >= 0.6 is 0 Å². The largest absolute Gasteiger partial charge is 0.379 e. The Hall–Kier alpha value is -0.810. The highest BCUT2D eigenvalue weighted by molar-refractivity contribution is 5.80. The minimum atomic E-state index is -0.0279. The maximum Gasteiger partial charge on any atom is 0.206 e. The van der Waals surface area contributed by atoms with Gasteiger partial charge in [0.05, 0.1) is 18.2 Å². The zero-order chi connectivity index (χ0) is 12.1. The topological polar surface area (TPSA) is 71.7 Å². The molecule has 0 radical (unpaired) electrons. The van der Waals surface area contributed by atoms with E-state index in [4.69, 9.17) is 10.6 Å². The fraction of sp³-hybridized carbons (Fsp3) is 0.917. The Bertz CT molecular complexity index is 268. The zero-order valence-electron chi connectivity index (χ0n) is 10.7. The highest BCUT2D eigenvalue weighted by atomic mass is 16.5. The summed E-state index contributed by atoms with van der Waals surface area (Å²) in [5.74, 6) is 6.26. The quantitative estimate of drug-likeness (QED) is 0.290. The van der Waals surface area contributed by atoms with Gasteiger partial charge in [-0.05, 0) is 26.2 Å². The van der Waals surface area contributed by atoms with Gasteiger partial charge in [-0.2, -0.15) is 0 Å². The van der Waals surface area contributed by atoms with Crippen LogP contribution in [0.2, 0.25) is 0 Å². The predicted molar refractivity (Wildman–Crippen MR) is 68.6 cm³/mol. The van der Waals surface area contributed by atoms with Gasteiger partial charge in [-0.3, -0.25) is 5.43 Å². The molecule has 98 valence electrons. The van der Waals surface area contributed by atoms with Gasteiger partial charge in [0.1, 0.15) is 0 Å². The fourth-order valence-electron chi connectivity index (χ4n) is 2.55. The third kappa shape index (κ3) is 3.57. The van der Waals surface area contributed by atoms with E-state index < -0.39 is 0 Å². The summed E-state index contributed by atoms with van der Waals surface area (Å²) in [5, 5.41) is 3.38. The standard InChI is InChI=1S/C12H24N4O/c1-12(7-8-17-9-12)15-11(16-13)14-10-5-3-2-4-6-10/h10H,2-9,13H2,1H3,(H2,14,15,16). The van der Waals surface area contributed by atoms with E-state index in [1.165, 1.54) is 32.1 Å². The lowest BCUT2D eigenvalue weighted by Gasteiger charge is -2.27. The normalized spacial score (nSPS) is 31.5. The molecule has 5 heteroatoms. The molecule has 1 unspecified atom stereocenters. The van der Waals surface area contributed by atoms with Crippen molar-refractivity contribution in [3.8, 4) is 0 Å². The molecule has 4 N–H and O–H groups in total. The Kier molecular flexibility index (Phi) is 4.23. The van der Waals surface area contributed by atoms with Gasteiger partial charge in [0.2, 0.25) is 5.96 Å². The summed E-state index contributed by atoms with van der Waals surface area (Å²) in [5.41, 5.74) is 2.66. The summed E-state index contributed by atoms with van der Waals surface area (Å²) < 4.78 is 5.41. The van der Waals surface area contributed by atoms with Gasteiger partial charge in [-0.1, -0.05) is 19.3 Å². The van der Waals surface area contributed by atoms with E-state index in [2.05, 4.69) is 22.7 Å². The van der Waals surface area contributed by atoms with E-state index in [1.54, 1.807) is 0 Å². The maximum absolute atomic E-state index is 5.54. The Morgan fingerprint density at radius 3 is 2.71 bits per heavy atom. The molecule has 2 fully saturated rings. The van der Waals surface area contributed by atoms with Crippen molar-refractivity contribution in [2.24, 2.45) is 10.8 Å². The van der Waals surface area contributed by atoms with Crippen LogP contribution in [0.25, 0.3) is 0 Å². The van der Waals surface area contributed by atoms with E-state index in [-0.39, 0.29) is 5.54 Å². The summed E-state index contributed by atoms with van der Waals surface area (Å²) in [6.07, 6.45) is 7.27. The van der Waals surface area contributed by atoms with Crippen LogP contribution in [0.1, 0.15) is 45.4 Å². The molecule has 1 saturated heterocycles. The smallest absolute Gasteiger partial charge is 0.206 e. The predicted octanol–water partition coefficient (Wildman–Crippen LogP) is 0.907. The molecule has 1 aliphatic heterocycles. The molecule has 2 rings (SSSR count). The molecule has 1 atom stereocenters. The van der Waals surface area contributed by atoms with Gasteiger partial charge in [-0.15, -0.1) is 0 Å². The lowest BCUT2D eigenvalue weighted by atomic mass is 9.96. The minimum Gasteiger partial charge on any atom is -0.379 e. The lowest BCUT2D eigenvalue weighted by Crippen LogP contribution is -2.53. The van der Waals surface area contributed by atoms with Crippen LogP contribution in [-0.2, 0) is 4.74 Å². The number of nitrogens with zero attached hydrogens (tertiary/aromatic N) is 1. The van der Waals surface area contributed by atoms with Gasteiger partial charge in [0, 0.05) is 6.61 Å². The second kappa shape index (κ2) is 5.69. The number of guanidine groups is 1. The number of nitrogens with one attached hydrogen (secondary N) is 2. The van der Waals surface area contributed by atoms with Gasteiger partial charge in [0.15, 0.2) is 0 Å². The van der Waals surface area contributed by atoms with E-state index >= 15 is 0 Å². The van der Waals surface area contributed by atoms with Gasteiger partial charge < -0.3 is 10.1 Å². The third-order valence-corrected chi connectivity index (χ3v) is 3.66. The first-order valence-electron chi connectivity index (χ1n) is 6.62.